The summed E-state index contributed by atoms with van der Waals surface area (Å²) >= 11 is 0. The smallest absolute Gasteiger partial charge is 0.0351 e. The number of hydrogen-bond donors (Lipinski definition) is 0. The Kier molecular flexibility index (Phi) is 15.6. The third-order valence-electron chi connectivity index (χ3n) is 4.02. The van der Waals surface area contributed by atoms with Gasteiger partial charge < -0.3 is 0 Å². The molecule has 0 aromatic carbocycles. The van der Waals surface area contributed by atoms with Crippen molar-refractivity contribution < 1.29 is 0 Å². The lowest BCUT2D eigenvalue weighted by Crippen LogP contribution is -2.00. The maximum Gasteiger partial charge on any atom is -0.0351 e. The fourth-order valence-corrected chi connectivity index (χ4v) is 2.80. The highest BCUT2D eigenvalue weighted by atomic mass is 14.1. The van der Waals surface area contributed by atoms with Gasteiger partial charge in [-0.15, -0.1) is 0 Å². The molecule has 0 aromatic rings. The predicted molar refractivity (Wildman–Crippen MR) is 89.7 cm³/mol. The third kappa shape index (κ3) is 14.0. The van der Waals surface area contributed by atoms with Crippen molar-refractivity contribution in [2.45, 2.75) is 104 Å². The maximum absolute atomic E-state index is 2.38. The van der Waals surface area contributed by atoms with Gasteiger partial charge in [0.05, 0.1) is 0 Å². The molecule has 1 unspecified atom stereocenters. The molecule has 0 fully saturated rings. The summed E-state index contributed by atoms with van der Waals surface area (Å²) in [5.41, 5.74) is 0. The molecule has 1 atom stereocenters. The lowest BCUT2D eigenvalue weighted by Gasteiger charge is -2.15. The van der Waals surface area contributed by atoms with E-state index in [2.05, 4.69) is 32.9 Å². The first-order valence-electron chi connectivity index (χ1n) is 9.00. The van der Waals surface area contributed by atoms with E-state index >= 15 is 0 Å². The lowest BCUT2D eigenvalue weighted by atomic mass is 9.91. The quantitative estimate of drug-likeness (QED) is 0.229. The molecule has 0 aliphatic heterocycles. The van der Waals surface area contributed by atoms with Crippen molar-refractivity contribution in [1.29, 1.82) is 0 Å². The van der Waals surface area contributed by atoms with E-state index in [-0.39, 0.29) is 0 Å². The SMILES string of the molecule is CCCC=CCCCCCC(CCC)CCCCC. The number of allylic oxidation sites excluding steroid dienone is 2. The molecule has 0 amide bonds. The first-order chi connectivity index (χ1) is 9.35. The zero-order valence-corrected chi connectivity index (χ0v) is 13.9. The molecule has 0 nitrogen and oxygen atoms in total. The molecule has 0 rings (SSSR count). The van der Waals surface area contributed by atoms with Crippen LogP contribution >= 0.6 is 0 Å². The summed E-state index contributed by atoms with van der Waals surface area (Å²) in [6, 6.07) is 0. The number of unbranched alkanes of at least 4 members (excludes halogenated alkanes) is 6. The molecule has 0 aromatic heterocycles. The van der Waals surface area contributed by atoms with Gasteiger partial charge in [0.1, 0.15) is 0 Å². The van der Waals surface area contributed by atoms with E-state index in [4.69, 9.17) is 0 Å². The van der Waals surface area contributed by atoms with Gasteiger partial charge in [0, 0.05) is 0 Å². The van der Waals surface area contributed by atoms with Gasteiger partial charge in [-0.25, -0.2) is 0 Å². The van der Waals surface area contributed by atoms with Gasteiger partial charge >= 0.3 is 0 Å². The van der Waals surface area contributed by atoms with Crippen LogP contribution < -0.4 is 0 Å². The van der Waals surface area contributed by atoms with Crippen molar-refractivity contribution in [2.24, 2.45) is 5.92 Å². The Bertz CT molecular complexity index is 180. The minimum Gasteiger partial charge on any atom is -0.0885 e. The Balaban J connectivity index is 3.46. The fraction of sp³-hybridized carbons (Fsp3) is 0.895. The van der Waals surface area contributed by atoms with E-state index in [0.29, 0.717) is 0 Å². The largest absolute Gasteiger partial charge is 0.0885 e. The van der Waals surface area contributed by atoms with Gasteiger partial charge in [0.25, 0.3) is 0 Å². The zero-order valence-electron chi connectivity index (χ0n) is 13.9. The molecule has 0 aliphatic carbocycles. The minimum atomic E-state index is 1.02. The molecule has 0 bridgehead atoms. The topological polar surface area (TPSA) is 0 Å². The highest BCUT2D eigenvalue weighted by Crippen LogP contribution is 2.22. The molecule has 0 aliphatic rings. The number of rotatable bonds is 14. The van der Waals surface area contributed by atoms with Gasteiger partial charge in [-0.05, 0) is 25.2 Å². The van der Waals surface area contributed by atoms with Crippen molar-refractivity contribution in [3.63, 3.8) is 0 Å². The molecule has 114 valence electrons. The van der Waals surface area contributed by atoms with E-state index in [1.165, 1.54) is 83.5 Å². The molecule has 0 radical (unpaired) electrons. The molecule has 19 heavy (non-hydrogen) atoms. The summed E-state index contributed by atoms with van der Waals surface area (Å²) in [6.07, 6.45) is 22.9. The van der Waals surface area contributed by atoms with E-state index in [0.717, 1.165) is 5.92 Å². The van der Waals surface area contributed by atoms with Crippen LogP contribution in [0.3, 0.4) is 0 Å². The van der Waals surface area contributed by atoms with E-state index in [1.54, 1.807) is 0 Å². The Morgan fingerprint density at radius 1 is 0.579 bits per heavy atom. The first-order valence-corrected chi connectivity index (χ1v) is 9.00. The monoisotopic (exact) mass is 266 g/mol. The van der Waals surface area contributed by atoms with Crippen LogP contribution in [0, 0.1) is 5.92 Å². The molecular weight excluding hydrogens is 228 g/mol. The van der Waals surface area contributed by atoms with Crippen LogP contribution in [-0.2, 0) is 0 Å². The van der Waals surface area contributed by atoms with Gasteiger partial charge in [-0.1, -0.05) is 97.1 Å². The average molecular weight is 267 g/mol. The number of hydrogen-bond acceptors (Lipinski definition) is 0. The minimum absolute atomic E-state index is 1.02. The summed E-state index contributed by atoms with van der Waals surface area (Å²) in [4.78, 5) is 0. The second-order valence-corrected chi connectivity index (χ2v) is 6.05. The Hall–Kier alpha value is -0.260. The second kappa shape index (κ2) is 15.8. The summed E-state index contributed by atoms with van der Waals surface area (Å²) in [6.45, 7) is 6.89. The average Bonchev–Trinajstić information content (AvgIpc) is 2.42. The fourth-order valence-electron chi connectivity index (χ4n) is 2.80. The van der Waals surface area contributed by atoms with Crippen LogP contribution in [0.2, 0.25) is 0 Å². The van der Waals surface area contributed by atoms with Gasteiger partial charge in [0.15, 0.2) is 0 Å². The van der Waals surface area contributed by atoms with Gasteiger partial charge in [0.2, 0.25) is 0 Å². The summed E-state index contributed by atoms with van der Waals surface area (Å²) in [7, 11) is 0. The maximum atomic E-state index is 2.38. The zero-order chi connectivity index (χ0) is 14.2. The molecular formula is C19H38. The normalized spacial score (nSPS) is 13.2. The molecule has 0 heteroatoms. The molecule has 0 heterocycles. The van der Waals surface area contributed by atoms with Crippen molar-refractivity contribution >= 4 is 0 Å². The second-order valence-electron chi connectivity index (χ2n) is 6.05. The summed E-state index contributed by atoms with van der Waals surface area (Å²) in [5, 5.41) is 0. The molecule has 0 saturated carbocycles. The van der Waals surface area contributed by atoms with Crippen LogP contribution in [0.4, 0.5) is 0 Å². The van der Waals surface area contributed by atoms with Crippen LogP contribution in [0.25, 0.3) is 0 Å². The van der Waals surface area contributed by atoms with Crippen LogP contribution in [0.1, 0.15) is 104 Å². The van der Waals surface area contributed by atoms with Crippen molar-refractivity contribution in [1.82, 2.24) is 0 Å². The van der Waals surface area contributed by atoms with Gasteiger partial charge in [-0.3, -0.25) is 0 Å². The van der Waals surface area contributed by atoms with Crippen LogP contribution in [-0.4, -0.2) is 0 Å². The predicted octanol–water partition coefficient (Wildman–Crippen LogP) is 7.29. The Labute approximate surface area is 123 Å². The molecule has 0 N–H and O–H groups in total. The van der Waals surface area contributed by atoms with Crippen LogP contribution in [0.15, 0.2) is 12.2 Å². The van der Waals surface area contributed by atoms with E-state index in [1.807, 2.05) is 0 Å². The van der Waals surface area contributed by atoms with Crippen molar-refractivity contribution in [3.05, 3.63) is 12.2 Å². The summed E-state index contributed by atoms with van der Waals surface area (Å²) < 4.78 is 0. The first kappa shape index (κ1) is 18.7. The highest BCUT2D eigenvalue weighted by molar-refractivity contribution is 4.80. The standard InChI is InChI=1S/C19H38/c1-4-7-9-10-11-12-13-15-18-19(16-6-3)17-14-8-5-2/h9-10,19H,4-8,11-18H2,1-3H3. The highest BCUT2D eigenvalue weighted by Gasteiger charge is 2.06. The Morgan fingerprint density at radius 3 is 1.89 bits per heavy atom. The van der Waals surface area contributed by atoms with Crippen LogP contribution in [0.5, 0.6) is 0 Å². The molecule has 0 saturated heterocycles. The Morgan fingerprint density at radius 2 is 1.26 bits per heavy atom. The third-order valence-corrected chi connectivity index (χ3v) is 4.02. The lowest BCUT2D eigenvalue weighted by molar-refractivity contribution is 0.382. The molecule has 0 spiro atoms. The van der Waals surface area contributed by atoms with Gasteiger partial charge in [-0.2, -0.15) is 0 Å². The van der Waals surface area contributed by atoms with E-state index < -0.39 is 0 Å². The summed E-state index contributed by atoms with van der Waals surface area (Å²) in [5.74, 6) is 1.02. The van der Waals surface area contributed by atoms with E-state index in [9.17, 15) is 0 Å². The van der Waals surface area contributed by atoms with Crippen molar-refractivity contribution in [3.8, 4) is 0 Å². The van der Waals surface area contributed by atoms with Crippen molar-refractivity contribution in [2.75, 3.05) is 0 Å².